The Hall–Kier alpha value is -4.58. The Morgan fingerprint density at radius 1 is 1.22 bits per heavy atom. The number of esters is 1. The van der Waals surface area contributed by atoms with E-state index in [1.165, 1.54) is 43.5 Å². The number of methoxy groups -OCH3 is 1. The van der Waals surface area contributed by atoms with Crippen LogP contribution in [0.3, 0.4) is 0 Å². The zero-order valence-corrected chi connectivity index (χ0v) is 20.8. The summed E-state index contributed by atoms with van der Waals surface area (Å²) in [7, 11) is 1.48. The molecule has 1 aromatic heterocycles. The van der Waals surface area contributed by atoms with Crippen LogP contribution < -0.4 is 9.64 Å². The number of nitro groups is 1. The highest BCUT2D eigenvalue weighted by Crippen LogP contribution is 2.44. The fourth-order valence-electron chi connectivity index (χ4n) is 3.93. The number of aromatic nitrogens is 1. The molecule has 1 fully saturated rings. The summed E-state index contributed by atoms with van der Waals surface area (Å²) in [4.78, 5) is 55.3. The molecular formula is C25H21N3O8S. The van der Waals surface area contributed by atoms with E-state index in [0.717, 1.165) is 16.2 Å². The van der Waals surface area contributed by atoms with Crippen LogP contribution in [0.2, 0.25) is 0 Å². The lowest BCUT2D eigenvalue weighted by atomic mass is 9.95. The van der Waals surface area contributed by atoms with Gasteiger partial charge < -0.3 is 14.6 Å². The van der Waals surface area contributed by atoms with Gasteiger partial charge in [-0.2, -0.15) is 0 Å². The van der Waals surface area contributed by atoms with Gasteiger partial charge in [0.15, 0.2) is 5.13 Å². The first-order chi connectivity index (χ1) is 17.7. The molecule has 1 amide bonds. The predicted molar refractivity (Wildman–Crippen MR) is 134 cm³/mol. The van der Waals surface area contributed by atoms with Gasteiger partial charge in [-0.1, -0.05) is 23.5 Å². The molecule has 0 spiro atoms. The maximum Gasteiger partial charge on any atom is 0.350 e. The van der Waals surface area contributed by atoms with Crippen molar-refractivity contribution in [1.29, 1.82) is 0 Å². The van der Waals surface area contributed by atoms with Gasteiger partial charge in [0.2, 0.25) is 0 Å². The third-order valence-electron chi connectivity index (χ3n) is 5.66. The molecule has 1 atom stereocenters. The predicted octanol–water partition coefficient (Wildman–Crippen LogP) is 4.17. The second kappa shape index (κ2) is 10.2. The van der Waals surface area contributed by atoms with Gasteiger partial charge in [-0.25, -0.2) is 9.78 Å². The number of Topliss-reactive ketones (excluding diaryl/α,β-unsaturated/α-hetero) is 1. The molecule has 2 heterocycles. The average Bonchev–Trinajstić information content (AvgIpc) is 3.40. The SMILES string of the molecule is CCOC(=O)c1sc(N2C(=O)C(=O)/C(=C(/O)c3ccc(OC)cc3)C2c2cccc([N+](=O)[O-])c2)nc1C. The smallest absolute Gasteiger partial charge is 0.350 e. The summed E-state index contributed by atoms with van der Waals surface area (Å²) in [5, 5.41) is 22.6. The van der Waals surface area contributed by atoms with Crippen molar-refractivity contribution < 1.29 is 33.9 Å². The van der Waals surface area contributed by atoms with Gasteiger partial charge in [-0.3, -0.25) is 24.6 Å². The highest BCUT2D eigenvalue weighted by atomic mass is 32.1. The fraction of sp³-hybridized carbons (Fsp3) is 0.200. The van der Waals surface area contributed by atoms with Crippen molar-refractivity contribution in [1.82, 2.24) is 4.98 Å². The highest BCUT2D eigenvalue weighted by molar-refractivity contribution is 7.17. The molecular weight excluding hydrogens is 502 g/mol. The van der Waals surface area contributed by atoms with Crippen molar-refractivity contribution in [3.63, 3.8) is 0 Å². The molecule has 1 aliphatic rings. The summed E-state index contributed by atoms with van der Waals surface area (Å²) in [5.41, 5.74) is 0.176. The minimum atomic E-state index is -1.25. The standard InChI is InChI=1S/C25H21N3O8S/c1-4-36-24(32)22-13(2)26-25(37-22)27-19(15-6-5-7-16(12-15)28(33)34)18(21(30)23(27)31)20(29)14-8-10-17(35-3)11-9-14/h5-12,19,29H,4H2,1-3H3/b20-18+. The Labute approximate surface area is 214 Å². The van der Waals surface area contributed by atoms with E-state index in [2.05, 4.69) is 4.98 Å². The summed E-state index contributed by atoms with van der Waals surface area (Å²) >= 11 is 0.847. The zero-order chi connectivity index (χ0) is 26.9. The van der Waals surface area contributed by atoms with E-state index in [1.807, 2.05) is 0 Å². The number of anilines is 1. The average molecular weight is 524 g/mol. The summed E-state index contributed by atoms with van der Waals surface area (Å²) < 4.78 is 10.2. The first-order valence-corrected chi connectivity index (χ1v) is 11.8. The second-order valence-corrected chi connectivity index (χ2v) is 8.86. The number of nitro benzene ring substituents is 1. The molecule has 0 bridgehead atoms. The van der Waals surface area contributed by atoms with E-state index in [9.17, 15) is 29.6 Å². The first kappa shape index (κ1) is 25.5. The number of hydrogen-bond donors (Lipinski definition) is 1. The van der Waals surface area contributed by atoms with Crippen LogP contribution >= 0.6 is 11.3 Å². The molecule has 12 heteroatoms. The van der Waals surface area contributed by atoms with Crippen LogP contribution in [-0.4, -0.2) is 46.4 Å². The Morgan fingerprint density at radius 2 is 1.92 bits per heavy atom. The van der Waals surface area contributed by atoms with E-state index < -0.39 is 34.4 Å². The van der Waals surface area contributed by atoms with Crippen LogP contribution in [0.15, 0.2) is 54.1 Å². The number of aliphatic hydroxyl groups excluding tert-OH is 1. The number of aryl methyl sites for hydroxylation is 1. The fourth-order valence-corrected chi connectivity index (χ4v) is 4.92. The first-order valence-electron chi connectivity index (χ1n) is 11.0. The Bertz CT molecular complexity index is 1440. The van der Waals surface area contributed by atoms with Crippen LogP contribution in [0.1, 0.15) is 39.5 Å². The van der Waals surface area contributed by atoms with Crippen LogP contribution in [0.5, 0.6) is 5.75 Å². The summed E-state index contributed by atoms with van der Waals surface area (Å²) in [6.07, 6.45) is 0. The number of nitrogens with zero attached hydrogens (tertiary/aromatic N) is 3. The van der Waals surface area contributed by atoms with Crippen molar-refractivity contribution in [2.45, 2.75) is 19.9 Å². The number of thiazole rings is 1. The Morgan fingerprint density at radius 3 is 2.54 bits per heavy atom. The van der Waals surface area contributed by atoms with Crippen molar-refractivity contribution in [2.75, 3.05) is 18.6 Å². The van der Waals surface area contributed by atoms with Crippen molar-refractivity contribution in [3.05, 3.63) is 85.9 Å². The van der Waals surface area contributed by atoms with Crippen molar-refractivity contribution >= 4 is 45.6 Å². The molecule has 3 aromatic rings. The van der Waals surface area contributed by atoms with Crippen LogP contribution in [0.25, 0.3) is 5.76 Å². The summed E-state index contributed by atoms with van der Waals surface area (Å²) in [6.45, 7) is 3.34. The lowest BCUT2D eigenvalue weighted by Gasteiger charge is -2.22. The minimum absolute atomic E-state index is 0.00735. The van der Waals surface area contributed by atoms with Gasteiger partial charge >= 0.3 is 11.9 Å². The zero-order valence-electron chi connectivity index (χ0n) is 20.0. The number of aliphatic hydroxyl groups is 1. The number of ketones is 1. The Balaban J connectivity index is 1.93. The number of rotatable bonds is 7. The van der Waals surface area contributed by atoms with Gasteiger partial charge in [0.1, 0.15) is 16.4 Å². The lowest BCUT2D eigenvalue weighted by Crippen LogP contribution is -2.29. The molecule has 11 nitrogen and oxygen atoms in total. The number of non-ortho nitro benzene ring substituents is 1. The van der Waals surface area contributed by atoms with Crippen LogP contribution in [-0.2, 0) is 14.3 Å². The highest BCUT2D eigenvalue weighted by Gasteiger charge is 2.48. The maximum absolute atomic E-state index is 13.3. The van der Waals surface area contributed by atoms with E-state index in [4.69, 9.17) is 9.47 Å². The van der Waals surface area contributed by atoms with Gasteiger partial charge in [0.05, 0.1) is 35.9 Å². The molecule has 0 radical (unpaired) electrons. The van der Waals surface area contributed by atoms with E-state index in [1.54, 1.807) is 26.0 Å². The van der Waals surface area contributed by atoms with Gasteiger partial charge in [-0.05, 0) is 43.7 Å². The molecule has 37 heavy (non-hydrogen) atoms. The van der Waals surface area contributed by atoms with E-state index >= 15 is 0 Å². The van der Waals surface area contributed by atoms with E-state index in [-0.39, 0.29) is 44.7 Å². The minimum Gasteiger partial charge on any atom is -0.507 e. The number of ether oxygens (including phenoxy) is 2. The molecule has 0 aliphatic carbocycles. The van der Waals surface area contributed by atoms with Gasteiger partial charge in [-0.15, -0.1) is 0 Å². The normalized spacial score (nSPS) is 16.6. The number of amides is 1. The third-order valence-corrected chi connectivity index (χ3v) is 6.79. The van der Waals surface area contributed by atoms with Crippen molar-refractivity contribution in [3.8, 4) is 5.75 Å². The van der Waals surface area contributed by atoms with Gasteiger partial charge in [0, 0.05) is 17.7 Å². The topological polar surface area (TPSA) is 149 Å². The van der Waals surface area contributed by atoms with Gasteiger partial charge in [0.25, 0.3) is 11.5 Å². The third kappa shape index (κ3) is 4.66. The van der Waals surface area contributed by atoms with Crippen molar-refractivity contribution in [2.24, 2.45) is 0 Å². The monoisotopic (exact) mass is 523 g/mol. The largest absolute Gasteiger partial charge is 0.507 e. The molecule has 4 rings (SSSR count). The molecule has 1 N–H and O–H groups in total. The molecule has 1 unspecified atom stereocenters. The number of benzene rings is 2. The maximum atomic E-state index is 13.3. The quantitative estimate of drug-likeness (QED) is 0.120. The summed E-state index contributed by atoms with van der Waals surface area (Å²) in [6, 6.07) is 10.3. The van der Waals surface area contributed by atoms with Crippen LogP contribution in [0.4, 0.5) is 10.8 Å². The molecule has 190 valence electrons. The summed E-state index contributed by atoms with van der Waals surface area (Å²) in [5.74, 6) is -2.60. The molecule has 1 aliphatic heterocycles. The number of hydrogen-bond acceptors (Lipinski definition) is 10. The molecule has 0 saturated carbocycles. The Kier molecular flexibility index (Phi) is 7.02. The second-order valence-electron chi connectivity index (χ2n) is 7.88. The van der Waals surface area contributed by atoms with Crippen LogP contribution in [0, 0.1) is 17.0 Å². The number of carbonyl (C=O) groups is 3. The molecule has 2 aromatic carbocycles. The molecule has 1 saturated heterocycles. The number of carbonyl (C=O) groups excluding carboxylic acids is 3. The van der Waals surface area contributed by atoms with E-state index in [0.29, 0.717) is 5.75 Å². The lowest BCUT2D eigenvalue weighted by molar-refractivity contribution is -0.384.